The minimum Gasteiger partial charge on any atom is -0.370 e. The largest absolute Gasteiger partial charge is 0.370 e. The van der Waals surface area contributed by atoms with E-state index >= 15 is 0 Å². The average molecular weight is 535 g/mol. The highest BCUT2D eigenvalue weighted by atomic mass is 16.2. The highest BCUT2D eigenvalue weighted by Gasteiger charge is 2.26. The number of rotatable bonds is 15. The maximum Gasteiger partial charge on any atom is 0.243 e. The van der Waals surface area contributed by atoms with Crippen molar-refractivity contribution in [3.63, 3.8) is 0 Å². The first-order valence-corrected chi connectivity index (χ1v) is 13.0. The van der Waals surface area contributed by atoms with Crippen molar-refractivity contribution in [3.8, 4) is 0 Å². The van der Waals surface area contributed by atoms with Crippen LogP contribution in [0.2, 0.25) is 0 Å². The van der Waals surface area contributed by atoms with Gasteiger partial charge in [-0.3, -0.25) is 19.4 Å². The topological polar surface area (TPSA) is 176 Å². The monoisotopic (exact) mass is 534 g/mol. The Balaban J connectivity index is 1.72. The van der Waals surface area contributed by atoms with Crippen LogP contribution in [0.3, 0.4) is 0 Å². The van der Waals surface area contributed by atoms with Gasteiger partial charge in [0.2, 0.25) is 17.7 Å². The number of nitrogens with zero attached hydrogens (tertiary/aromatic N) is 3. The Bertz CT molecular complexity index is 1270. The van der Waals surface area contributed by atoms with Gasteiger partial charge in [-0.05, 0) is 43.5 Å². The molecule has 1 atom stereocenters. The summed E-state index contributed by atoms with van der Waals surface area (Å²) in [5.41, 5.74) is 19.1. The van der Waals surface area contributed by atoms with Crippen LogP contribution >= 0.6 is 0 Å². The molecule has 0 aliphatic carbocycles. The van der Waals surface area contributed by atoms with E-state index in [0.29, 0.717) is 32.5 Å². The molecule has 11 nitrogen and oxygen atoms in total. The number of hydrogen-bond acceptors (Lipinski definition) is 5. The van der Waals surface area contributed by atoms with E-state index in [4.69, 9.17) is 17.2 Å². The average Bonchev–Trinajstić information content (AvgIpc) is 3.34. The van der Waals surface area contributed by atoms with Crippen LogP contribution in [0.5, 0.6) is 0 Å². The van der Waals surface area contributed by atoms with Crippen LogP contribution in [0.1, 0.15) is 30.5 Å². The number of nitrogens with two attached hydrogens (primary N) is 3. The maximum atomic E-state index is 13.5. The van der Waals surface area contributed by atoms with Crippen LogP contribution in [-0.4, -0.2) is 77.7 Å². The number of aromatic amines is 1. The zero-order chi connectivity index (χ0) is 28.2. The third-order valence-corrected chi connectivity index (χ3v) is 6.48. The van der Waals surface area contributed by atoms with Gasteiger partial charge in [-0.2, -0.15) is 0 Å². The predicted octanol–water partition coefficient (Wildman–Crippen LogP) is 0.867. The SMILES string of the molecule is C[C@H](c1ccccc1)N(CC(N)=O)C(=O)CN(CCc1c[nH]c2ccccc12)C(=O)CNCCCN=C(N)N. The third kappa shape index (κ3) is 8.85. The number of benzene rings is 2. The second-order valence-corrected chi connectivity index (χ2v) is 9.34. The van der Waals surface area contributed by atoms with E-state index in [-0.39, 0.29) is 37.4 Å². The van der Waals surface area contributed by atoms with Crippen molar-refractivity contribution in [2.45, 2.75) is 25.8 Å². The minimum atomic E-state index is -0.620. The van der Waals surface area contributed by atoms with Crippen molar-refractivity contribution >= 4 is 34.6 Å². The molecule has 2 aromatic carbocycles. The van der Waals surface area contributed by atoms with Crippen molar-refractivity contribution in [2.24, 2.45) is 22.2 Å². The molecule has 0 unspecified atom stereocenters. The second-order valence-electron chi connectivity index (χ2n) is 9.34. The number of carbonyl (C=O) groups excluding carboxylic acids is 3. The maximum absolute atomic E-state index is 13.5. The number of aromatic nitrogens is 1. The second kappa shape index (κ2) is 14.5. The van der Waals surface area contributed by atoms with E-state index in [1.807, 2.05) is 67.7 Å². The van der Waals surface area contributed by atoms with Crippen LogP contribution in [-0.2, 0) is 20.8 Å². The van der Waals surface area contributed by atoms with E-state index in [9.17, 15) is 14.4 Å². The van der Waals surface area contributed by atoms with Gasteiger partial charge in [-0.25, -0.2) is 0 Å². The van der Waals surface area contributed by atoms with Crippen molar-refractivity contribution in [1.29, 1.82) is 0 Å². The van der Waals surface area contributed by atoms with Crippen LogP contribution in [0, 0.1) is 0 Å². The standard InChI is InChI=1S/C28H38N8O3/c1-20(21-8-3-2-4-9-21)36(18-25(29)37)27(39)19-35(26(38)17-32-13-7-14-33-28(30)31)15-12-22-16-34-24-11-6-5-10-23(22)24/h2-6,8-11,16,20,32,34H,7,12-15,17-19H2,1H3,(H2,29,37)(H4,30,31,33)/t20-/m1/s1. The normalized spacial score (nSPS) is 11.6. The van der Waals surface area contributed by atoms with E-state index < -0.39 is 11.9 Å². The Morgan fingerprint density at radius 2 is 1.69 bits per heavy atom. The first-order chi connectivity index (χ1) is 18.8. The quantitative estimate of drug-likeness (QED) is 0.110. The van der Waals surface area contributed by atoms with Gasteiger partial charge in [0, 0.05) is 30.2 Å². The van der Waals surface area contributed by atoms with Crippen molar-refractivity contribution < 1.29 is 14.4 Å². The summed E-state index contributed by atoms with van der Waals surface area (Å²) in [5, 5.41) is 4.17. The molecule has 0 aliphatic heterocycles. The highest BCUT2D eigenvalue weighted by molar-refractivity contribution is 5.89. The fraction of sp³-hybridized carbons (Fsp3) is 0.357. The molecule has 208 valence electrons. The Morgan fingerprint density at radius 3 is 2.41 bits per heavy atom. The van der Waals surface area contributed by atoms with Gasteiger partial charge in [-0.15, -0.1) is 0 Å². The Kier molecular flexibility index (Phi) is 10.9. The fourth-order valence-electron chi connectivity index (χ4n) is 4.38. The van der Waals surface area contributed by atoms with Gasteiger partial charge in [0.15, 0.2) is 5.96 Å². The number of para-hydroxylation sites is 1. The summed E-state index contributed by atoms with van der Waals surface area (Å²) >= 11 is 0. The Morgan fingerprint density at radius 1 is 0.974 bits per heavy atom. The third-order valence-electron chi connectivity index (χ3n) is 6.48. The number of carbonyl (C=O) groups is 3. The molecular weight excluding hydrogens is 496 g/mol. The molecule has 0 saturated heterocycles. The van der Waals surface area contributed by atoms with Crippen molar-refractivity contribution in [3.05, 3.63) is 71.9 Å². The summed E-state index contributed by atoms with van der Waals surface area (Å²) in [4.78, 5) is 48.8. The predicted molar refractivity (Wildman–Crippen MR) is 153 cm³/mol. The first-order valence-electron chi connectivity index (χ1n) is 13.0. The number of guanidine groups is 1. The number of H-pyrrole nitrogens is 1. The first kappa shape index (κ1) is 29.2. The molecule has 0 spiro atoms. The molecule has 11 heteroatoms. The summed E-state index contributed by atoms with van der Waals surface area (Å²) in [7, 11) is 0. The summed E-state index contributed by atoms with van der Waals surface area (Å²) in [5.74, 6) is -1.18. The van der Waals surface area contributed by atoms with Gasteiger partial charge in [0.05, 0.1) is 25.7 Å². The lowest BCUT2D eigenvalue weighted by atomic mass is 10.1. The molecule has 3 rings (SSSR count). The summed E-state index contributed by atoms with van der Waals surface area (Å²) < 4.78 is 0. The zero-order valence-corrected chi connectivity index (χ0v) is 22.3. The lowest BCUT2D eigenvalue weighted by molar-refractivity contribution is -0.143. The Labute approximate surface area is 228 Å². The van der Waals surface area contributed by atoms with E-state index in [2.05, 4.69) is 15.3 Å². The molecule has 0 radical (unpaired) electrons. The molecule has 3 aromatic rings. The minimum absolute atomic E-state index is 0.0262. The fourth-order valence-corrected chi connectivity index (χ4v) is 4.38. The van der Waals surface area contributed by atoms with Gasteiger partial charge >= 0.3 is 0 Å². The van der Waals surface area contributed by atoms with Crippen molar-refractivity contribution in [2.75, 3.05) is 39.3 Å². The molecule has 1 aromatic heterocycles. The molecule has 0 bridgehead atoms. The summed E-state index contributed by atoms with van der Waals surface area (Å²) in [6.45, 7) is 2.77. The molecule has 39 heavy (non-hydrogen) atoms. The van der Waals surface area contributed by atoms with Crippen LogP contribution < -0.4 is 22.5 Å². The Hall–Kier alpha value is -4.38. The number of primary amides is 1. The number of amides is 3. The number of nitrogens with one attached hydrogen (secondary N) is 2. The lowest BCUT2D eigenvalue weighted by Gasteiger charge is -2.31. The van der Waals surface area contributed by atoms with E-state index in [1.54, 1.807) is 0 Å². The number of hydrogen-bond donors (Lipinski definition) is 5. The van der Waals surface area contributed by atoms with E-state index in [0.717, 1.165) is 22.0 Å². The molecule has 3 amide bonds. The smallest absolute Gasteiger partial charge is 0.243 e. The zero-order valence-electron chi connectivity index (χ0n) is 22.3. The van der Waals surface area contributed by atoms with Gasteiger partial charge in [0.25, 0.3) is 0 Å². The molecular formula is C28H38N8O3. The molecule has 1 heterocycles. The molecule has 0 saturated carbocycles. The summed E-state index contributed by atoms with van der Waals surface area (Å²) in [6.07, 6.45) is 3.13. The van der Waals surface area contributed by atoms with Crippen LogP contribution in [0.4, 0.5) is 0 Å². The lowest BCUT2D eigenvalue weighted by Crippen LogP contribution is -2.48. The van der Waals surface area contributed by atoms with Crippen molar-refractivity contribution in [1.82, 2.24) is 20.1 Å². The molecule has 8 N–H and O–H groups in total. The molecule has 0 fully saturated rings. The molecule has 0 aliphatic rings. The van der Waals surface area contributed by atoms with E-state index in [1.165, 1.54) is 9.80 Å². The van der Waals surface area contributed by atoms with Crippen LogP contribution in [0.25, 0.3) is 10.9 Å². The van der Waals surface area contributed by atoms with Gasteiger partial charge < -0.3 is 37.3 Å². The van der Waals surface area contributed by atoms with Gasteiger partial charge in [-0.1, -0.05) is 48.5 Å². The van der Waals surface area contributed by atoms with Gasteiger partial charge in [0.1, 0.15) is 0 Å². The van der Waals surface area contributed by atoms with Crippen LogP contribution in [0.15, 0.2) is 65.8 Å². The highest BCUT2D eigenvalue weighted by Crippen LogP contribution is 2.21. The number of aliphatic imine (C=N–C) groups is 1. The summed E-state index contributed by atoms with van der Waals surface area (Å²) in [6, 6.07) is 16.9. The number of fused-ring (bicyclic) bond motifs is 1.